The van der Waals surface area contributed by atoms with Gasteiger partial charge in [0, 0.05) is 25.2 Å². The lowest BCUT2D eigenvalue weighted by Gasteiger charge is -2.41. The van der Waals surface area contributed by atoms with Crippen LogP contribution in [0.15, 0.2) is 42.6 Å². The van der Waals surface area contributed by atoms with Crippen LogP contribution in [0.2, 0.25) is 0 Å². The van der Waals surface area contributed by atoms with Crippen molar-refractivity contribution in [3.05, 3.63) is 54.0 Å². The quantitative estimate of drug-likeness (QED) is 0.742. The largest absolute Gasteiger partial charge is 0.453 e. The Hall–Kier alpha value is -2.68. The molecule has 0 aliphatic carbocycles. The van der Waals surface area contributed by atoms with Crippen LogP contribution in [0.4, 0.5) is 19.0 Å². The zero-order valence-corrected chi connectivity index (χ0v) is 15.4. The van der Waals surface area contributed by atoms with Crippen molar-refractivity contribution in [2.75, 3.05) is 31.6 Å². The van der Waals surface area contributed by atoms with E-state index in [2.05, 4.69) is 32.5 Å². The molecular weight excluding hydrogens is 369 g/mol. The topological polar surface area (TPSA) is 58.3 Å². The molecule has 0 unspecified atom stereocenters. The molecule has 1 saturated heterocycles. The van der Waals surface area contributed by atoms with E-state index >= 15 is 0 Å². The molecule has 0 radical (unpaired) electrons. The lowest BCUT2D eigenvalue weighted by Crippen LogP contribution is -2.47. The molecule has 3 aromatic rings. The molecule has 1 fully saturated rings. The van der Waals surface area contributed by atoms with Crippen LogP contribution in [0.1, 0.15) is 24.2 Å². The summed E-state index contributed by atoms with van der Waals surface area (Å²) in [6, 6.07) is 12.0. The lowest BCUT2D eigenvalue weighted by molar-refractivity contribution is -0.144. The average molecular weight is 390 g/mol. The first-order valence-electron chi connectivity index (χ1n) is 9.15. The molecule has 0 spiro atoms. The van der Waals surface area contributed by atoms with Crippen LogP contribution in [0.3, 0.4) is 0 Å². The summed E-state index contributed by atoms with van der Waals surface area (Å²) in [6.45, 7) is 2.45. The predicted octanol–water partition coefficient (Wildman–Crippen LogP) is 2.90. The molecule has 6 nitrogen and oxygen atoms in total. The van der Waals surface area contributed by atoms with E-state index in [4.69, 9.17) is 0 Å². The van der Waals surface area contributed by atoms with Gasteiger partial charge in [-0.3, -0.25) is 0 Å². The van der Waals surface area contributed by atoms with Gasteiger partial charge in [0.05, 0.1) is 0 Å². The minimum atomic E-state index is -4.61. The molecular formula is C19H21F3N6. The van der Waals surface area contributed by atoms with Gasteiger partial charge >= 0.3 is 6.18 Å². The number of benzene rings is 1. The maximum Gasteiger partial charge on any atom is 0.453 e. The number of rotatable bonds is 4. The molecule has 1 aromatic carbocycles. The van der Waals surface area contributed by atoms with Crippen LogP contribution in [-0.4, -0.2) is 46.3 Å². The Labute approximate surface area is 160 Å². The van der Waals surface area contributed by atoms with Gasteiger partial charge in [-0.1, -0.05) is 30.3 Å². The number of halogens is 3. The summed E-state index contributed by atoms with van der Waals surface area (Å²) in [5, 5.41) is 7.05. The molecule has 0 bridgehead atoms. The number of anilines is 1. The summed E-state index contributed by atoms with van der Waals surface area (Å²) in [7, 11) is 1.87. The third kappa shape index (κ3) is 3.42. The molecule has 2 aromatic heterocycles. The number of aromatic nitrogens is 4. The monoisotopic (exact) mass is 390 g/mol. The smallest absolute Gasteiger partial charge is 0.359 e. The van der Waals surface area contributed by atoms with E-state index in [9.17, 15) is 13.2 Å². The van der Waals surface area contributed by atoms with Crippen LogP contribution < -0.4 is 10.2 Å². The molecule has 0 amide bonds. The van der Waals surface area contributed by atoms with Crippen molar-refractivity contribution in [2.24, 2.45) is 0 Å². The molecule has 1 N–H and O–H groups in total. The Morgan fingerprint density at radius 3 is 2.54 bits per heavy atom. The van der Waals surface area contributed by atoms with Crippen molar-refractivity contribution in [3.8, 4) is 0 Å². The van der Waals surface area contributed by atoms with Crippen LogP contribution in [-0.2, 0) is 11.6 Å². The molecule has 1 aliphatic rings. The molecule has 148 valence electrons. The number of nitrogens with zero attached hydrogens (tertiary/aromatic N) is 5. The Kier molecular flexibility index (Phi) is 4.70. The van der Waals surface area contributed by atoms with E-state index < -0.39 is 12.0 Å². The van der Waals surface area contributed by atoms with Crippen molar-refractivity contribution >= 4 is 11.6 Å². The highest BCUT2D eigenvalue weighted by Gasteiger charge is 2.38. The number of alkyl halides is 3. The first kappa shape index (κ1) is 18.7. The Morgan fingerprint density at radius 2 is 1.86 bits per heavy atom. The SMILES string of the molecule is CN(CC1(c2ccccc2)CCNCC1)c1ccnc2nc(C(F)(F)F)nn12. The van der Waals surface area contributed by atoms with Gasteiger partial charge in [0.1, 0.15) is 5.82 Å². The summed E-state index contributed by atoms with van der Waals surface area (Å²) in [4.78, 5) is 9.41. The molecule has 1 aliphatic heterocycles. The van der Waals surface area contributed by atoms with Crippen molar-refractivity contribution in [1.29, 1.82) is 0 Å². The van der Waals surface area contributed by atoms with Gasteiger partial charge in [-0.15, -0.1) is 5.10 Å². The van der Waals surface area contributed by atoms with Gasteiger partial charge in [-0.25, -0.2) is 4.98 Å². The van der Waals surface area contributed by atoms with Gasteiger partial charge in [0.15, 0.2) is 0 Å². The lowest BCUT2D eigenvalue weighted by atomic mass is 9.73. The maximum absolute atomic E-state index is 13.0. The van der Waals surface area contributed by atoms with E-state index in [-0.39, 0.29) is 11.2 Å². The second-order valence-corrected chi connectivity index (χ2v) is 7.20. The highest BCUT2D eigenvalue weighted by Crippen LogP contribution is 2.35. The van der Waals surface area contributed by atoms with Crippen molar-refractivity contribution in [3.63, 3.8) is 0 Å². The van der Waals surface area contributed by atoms with Crippen molar-refractivity contribution in [2.45, 2.75) is 24.4 Å². The van der Waals surface area contributed by atoms with Crippen molar-refractivity contribution < 1.29 is 13.2 Å². The molecule has 3 heterocycles. The maximum atomic E-state index is 13.0. The zero-order chi connectivity index (χ0) is 19.8. The third-order valence-electron chi connectivity index (χ3n) is 5.35. The molecule has 0 saturated carbocycles. The minimum absolute atomic E-state index is 0.0595. The van der Waals surface area contributed by atoms with Crippen LogP contribution in [0.5, 0.6) is 0 Å². The van der Waals surface area contributed by atoms with Crippen molar-refractivity contribution in [1.82, 2.24) is 24.9 Å². The number of hydrogen-bond donors (Lipinski definition) is 1. The number of fused-ring (bicyclic) bond motifs is 1. The van der Waals surface area contributed by atoms with Crippen LogP contribution in [0.25, 0.3) is 5.78 Å². The first-order chi connectivity index (χ1) is 13.4. The fourth-order valence-electron chi connectivity index (χ4n) is 3.96. The Balaban J connectivity index is 1.70. The fourth-order valence-corrected chi connectivity index (χ4v) is 3.96. The summed E-state index contributed by atoms with van der Waals surface area (Å²) >= 11 is 0. The molecule has 28 heavy (non-hydrogen) atoms. The second-order valence-electron chi connectivity index (χ2n) is 7.20. The molecule has 4 rings (SSSR count). The highest BCUT2D eigenvalue weighted by molar-refractivity contribution is 5.46. The normalized spacial score (nSPS) is 17.0. The van der Waals surface area contributed by atoms with Crippen LogP contribution >= 0.6 is 0 Å². The summed E-state index contributed by atoms with van der Waals surface area (Å²) in [5.41, 5.74) is 1.15. The first-order valence-corrected chi connectivity index (χ1v) is 9.15. The van der Waals surface area contributed by atoms with E-state index in [0.717, 1.165) is 25.9 Å². The Bertz CT molecular complexity index is 947. The summed E-state index contributed by atoms with van der Waals surface area (Å²) in [6.07, 6.45) is -1.25. The minimum Gasteiger partial charge on any atom is -0.359 e. The number of likely N-dealkylation sites (N-methyl/N-ethyl adjacent to an activating group) is 1. The van der Waals surface area contributed by atoms with E-state index in [1.807, 2.05) is 30.1 Å². The van der Waals surface area contributed by atoms with Crippen LogP contribution in [0, 0.1) is 0 Å². The van der Waals surface area contributed by atoms with E-state index in [1.54, 1.807) is 6.07 Å². The van der Waals surface area contributed by atoms with Gasteiger partial charge in [-0.2, -0.15) is 22.7 Å². The highest BCUT2D eigenvalue weighted by atomic mass is 19.4. The summed E-state index contributed by atoms with van der Waals surface area (Å²) < 4.78 is 40.3. The molecule has 9 heteroatoms. The standard InChI is InChI=1S/C19H21F3N6/c1-27(13-18(8-11-23-12-9-18)14-5-3-2-4-6-14)15-7-10-24-17-25-16(19(20,21)22)26-28(15)17/h2-7,10,23H,8-9,11-13H2,1H3. The summed E-state index contributed by atoms with van der Waals surface area (Å²) in [5.74, 6) is -0.710. The third-order valence-corrected chi connectivity index (χ3v) is 5.35. The molecule has 0 atom stereocenters. The van der Waals surface area contributed by atoms with Gasteiger partial charge in [-0.05, 0) is 37.6 Å². The van der Waals surface area contributed by atoms with Gasteiger partial charge < -0.3 is 10.2 Å². The average Bonchev–Trinajstić information content (AvgIpc) is 3.14. The van der Waals surface area contributed by atoms with E-state index in [1.165, 1.54) is 16.3 Å². The Morgan fingerprint density at radius 1 is 1.14 bits per heavy atom. The fraction of sp³-hybridized carbons (Fsp3) is 0.421. The predicted molar refractivity (Wildman–Crippen MR) is 99.3 cm³/mol. The number of piperidine rings is 1. The van der Waals surface area contributed by atoms with Gasteiger partial charge in [0.25, 0.3) is 11.6 Å². The second kappa shape index (κ2) is 7.05. The van der Waals surface area contributed by atoms with E-state index in [0.29, 0.717) is 12.4 Å². The zero-order valence-electron chi connectivity index (χ0n) is 15.4. The number of nitrogens with one attached hydrogen (secondary N) is 1. The number of hydrogen-bond acceptors (Lipinski definition) is 5. The van der Waals surface area contributed by atoms with Gasteiger partial charge in [0.2, 0.25) is 0 Å².